The highest BCUT2D eigenvalue weighted by Gasteiger charge is 2.31. The number of allylic oxidation sites excluding steroid dienone is 2. The monoisotopic (exact) mass is 670 g/mol. The third kappa shape index (κ3) is 7.63. The largest absolute Gasteiger partial charge is 0.497 e. The van der Waals surface area contributed by atoms with Crippen LogP contribution in [-0.2, 0) is 11.3 Å². The van der Waals surface area contributed by atoms with Crippen molar-refractivity contribution in [3.05, 3.63) is 76.8 Å². The van der Waals surface area contributed by atoms with Crippen molar-refractivity contribution in [2.45, 2.75) is 38.8 Å². The van der Waals surface area contributed by atoms with Crippen LogP contribution in [0.4, 0.5) is 4.79 Å². The molecule has 2 fully saturated rings. The number of nitrogens with one attached hydrogen (secondary N) is 1. The van der Waals surface area contributed by atoms with Crippen molar-refractivity contribution < 1.29 is 33.0 Å². The second kappa shape index (κ2) is 15.2. The lowest BCUT2D eigenvalue weighted by molar-refractivity contribution is -0.120. The molecule has 2 aliphatic heterocycles. The molecule has 3 heterocycles. The minimum Gasteiger partial charge on any atom is -0.497 e. The van der Waals surface area contributed by atoms with Gasteiger partial charge in [-0.2, -0.15) is 0 Å². The SMILES string of the molecule is COc1ccc2c(c1)C(CC(=O)NCc1ccco1)=C(C)C2=Cc1cc(OC)c(OC(=O)N2CCN(C3CCN(C)CC3)CC2)c(OC)c1. The standard InChI is InChI=1S/C38H46N4O7/c1-25-31(30-9-8-28(45-3)22-33(30)32(25)23-36(43)39-24-29-7-6-18-48-29)19-26-20-34(46-4)37(35(21-26)47-5)49-38(44)42-16-14-41(15-17-42)27-10-12-40(2)13-11-27/h6-9,18-22,27H,10-17,23-24H2,1-5H3,(H,39,43). The fourth-order valence-corrected chi connectivity index (χ4v) is 6.97. The maximum Gasteiger partial charge on any atom is 0.415 e. The van der Waals surface area contributed by atoms with Gasteiger partial charge in [0.2, 0.25) is 11.7 Å². The minimum absolute atomic E-state index is 0.112. The Morgan fingerprint density at radius 2 is 1.63 bits per heavy atom. The Balaban J connectivity index is 1.21. The molecule has 3 aliphatic rings. The average Bonchev–Trinajstić information content (AvgIpc) is 3.74. The summed E-state index contributed by atoms with van der Waals surface area (Å²) in [6.45, 7) is 7.44. The van der Waals surface area contributed by atoms with Crippen LogP contribution in [0.3, 0.4) is 0 Å². The van der Waals surface area contributed by atoms with Crippen LogP contribution in [-0.4, -0.2) is 100 Å². The molecule has 0 unspecified atom stereocenters. The number of hydrogen-bond acceptors (Lipinski definition) is 9. The molecule has 0 radical (unpaired) electrons. The summed E-state index contributed by atoms with van der Waals surface area (Å²) in [5, 5.41) is 2.95. The molecule has 2 aromatic carbocycles. The Labute approximate surface area is 288 Å². The zero-order valence-corrected chi connectivity index (χ0v) is 29.0. The van der Waals surface area contributed by atoms with E-state index in [0.717, 1.165) is 72.4 Å². The van der Waals surface area contributed by atoms with E-state index in [-0.39, 0.29) is 18.1 Å². The van der Waals surface area contributed by atoms with Crippen LogP contribution in [0.5, 0.6) is 23.0 Å². The van der Waals surface area contributed by atoms with Crippen molar-refractivity contribution in [3.63, 3.8) is 0 Å². The van der Waals surface area contributed by atoms with Gasteiger partial charge < -0.3 is 38.5 Å². The lowest BCUT2D eigenvalue weighted by Gasteiger charge is -2.41. The summed E-state index contributed by atoms with van der Waals surface area (Å²) in [4.78, 5) is 33.1. The highest BCUT2D eigenvalue weighted by molar-refractivity contribution is 6.08. The molecule has 1 aromatic heterocycles. The number of benzene rings is 2. The fraction of sp³-hybridized carbons (Fsp3) is 0.421. The van der Waals surface area contributed by atoms with Crippen LogP contribution < -0.4 is 24.3 Å². The smallest absolute Gasteiger partial charge is 0.415 e. The Bertz CT molecular complexity index is 1690. The predicted octanol–water partition coefficient (Wildman–Crippen LogP) is 5.55. The molecule has 11 nitrogen and oxygen atoms in total. The number of amides is 2. The van der Waals surface area contributed by atoms with E-state index in [1.807, 2.05) is 49.4 Å². The molecular formula is C38H46N4O7. The first-order chi connectivity index (χ1) is 23.8. The van der Waals surface area contributed by atoms with Gasteiger partial charge in [-0.15, -0.1) is 0 Å². The summed E-state index contributed by atoms with van der Waals surface area (Å²) >= 11 is 0. The molecular weight excluding hydrogens is 624 g/mol. The van der Waals surface area contributed by atoms with Gasteiger partial charge in [-0.3, -0.25) is 9.69 Å². The summed E-state index contributed by atoms with van der Waals surface area (Å²) in [5.74, 6) is 2.30. The molecule has 49 heavy (non-hydrogen) atoms. The molecule has 2 amide bonds. The zero-order valence-electron chi connectivity index (χ0n) is 29.0. The number of carbonyl (C=O) groups is 2. The van der Waals surface area contributed by atoms with E-state index in [1.165, 1.54) is 0 Å². The van der Waals surface area contributed by atoms with Crippen molar-refractivity contribution in [1.82, 2.24) is 20.0 Å². The van der Waals surface area contributed by atoms with Gasteiger partial charge >= 0.3 is 6.09 Å². The fourth-order valence-electron chi connectivity index (χ4n) is 6.97. The van der Waals surface area contributed by atoms with Gasteiger partial charge in [0.15, 0.2) is 11.5 Å². The summed E-state index contributed by atoms with van der Waals surface area (Å²) in [6.07, 6.45) is 5.72. The lowest BCUT2D eigenvalue weighted by atomic mass is 10.00. The van der Waals surface area contributed by atoms with Crippen molar-refractivity contribution >= 4 is 29.2 Å². The topological polar surface area (TPSA) is 106 Å². The Morgan fingerprint density at radius 1 is 0.918 bits per heavy atom. The third-order valence-electron chi connectivity index (χ3n) is 9.84. The molecule has 0 spiro atoms. The van der Waals surface area contributed by atoms with E-state index in [1.54, 1.807) is 38.6 Å². The number of likely N-dealkylation sites (tertiary alicyclic amines) is 1. The van der Waals surface area contributed by atoms with Crippen molar-refractivity contribution in [2.24, 2.45) is 0 Å². The summed E-state index contributed by atoms with van der Waals surface area (Å²) in [5.41, 5.74) is 5.57. The summed E-state index contributed by atoms with van der Waals surface area (Å²) in [7, 11) is 6.89. The number of fused-ring (bicyclic) bond motifs is 1. The van der Waals surface area contributed by atoms with Gasteiger partial charge in [0.1, 0.15) is 11.5 Å². The number of piperazine rings is 1. The van der Waals surface area contributed by atoms with Gasteiger partial charge in [0.25, 0.3) is 0 Å². The molecule has 260 valence electrons. The normalized spacial score (nSPS) is 18.1. The quantitative estimate of drug-likeness (QED) is 0.297. The number of rotatable bonds is 10. The van der Waals surface area contributed by atoms with Crippen LogP contribution in [0, 0.1) is 0 Å². The highest BCUT2D eigenvalue weighted by atomic mass is 16.6. The molecule has 1 aliphatic carbocycles. The lowest BCUT2D eigenvalue weighted by Crippen LogP contribution is -2.54. The third-order valence-corrected chi connectivity index (χ3v) is 9.84. The first-order valence-electron chi connectivity index (χ1n) is 16.8. The Morgan fingerprint density at radius 3 is 2.27 bits per heavy atom. The molecule has 11 heteroatoms. The van der Waals surface area contributed by atoms with E-state index in [9.17, 15) is 9.59 Å². The van der Waals surface area contributed by atoms with Gasteiger partial charge in [0, 0.05) is 32.2 Å². The number of furan rings is 1. The number of piperidine rings is 1. The molecule has 2 saturated heterocycles. The Hall–Kier alpha value is -4.74. The van der Waals surface area contributed by atoms with Crippen molar-refractivity contribution in [3.8, 4) is 23.0 Å². The average molecular weight is 671 g/mol. The molecule has 1 N–H and O–H groups in total. The van der Waals surface area contributed by atoms with E-state index >= 15 is 0 Å². The van der Waals surface area contributed by atoms with Gasteiger partial charge in [-0.25, -0.2) is 4.79 Å². The van der Waals surface area contributed by atoms with Gasteiger partial charge in [-0.1, -0.05) is 6.07 Å². The Kier molecular flexibility index (Phi) is 10.6. The van der Waals surface area contributed by atoms with Crippen LogP contribution in [0.1, 0.15) is 48.6 Å². The summed E-state index contributed by atoms with van der Waals surface area (Å²) in [6, 6.07) is 13.8. The molecule has 0 bridgehead atoms. The van der Waals surface area contributed by atoms with Crippen molar-refractivity contribution in [1.29, 1.82) is 0 Å². The number of methoxy groups -OCH3 is 3. The highest BCUT2D eigenvalue weighted by Crippen LogP contribution is 2.46. The minimum atomic E-state index is -0.418. The zero-order chi connectivity index (χ0) is 34.5. The van der Waals surface area contributed by atoms with Crippen LogP contribution in [0.25, 0.3) is 17.2 Å². The molecule has 0 atom stereocenters. The molecule has 6 rings (SSSR count). The predicted molar refractivity (Wildman–Crippen MR) is 188 cm³/mol. The van der Waals surface area contributed by atoms with Gasteiger partial charge in [0.05, 0.1) is 40.6 Å². The second-order valence-electron chi connectivity index (χ2n) is 12.8. The van der Waals surface area contributed by atoms with Crippen LogP contribution in [0.15, 0.2) is 58.7 Å². The van der Waals surface area contributed by atoms with E-state index < -0.39 is 6.09 Å². The van der Waals surface area contributed by atoms with E-state index in [4.69, 9.17) is 23.4 Å². The summed E-state index contributed by atoms with van der Waals surface area (Å²) < 4.78 is 28.3. The van der Waals surface area contributed by atoms with Crippen LogP contribution in [0.2, 0.25) is 0 Å². The van der Waals surface area contributed by atoms with E-state index in [2.05, 4.69) is 22.2 Å². The number of carbonyl (C=O) groups excluding carboxylic acids is 2. The number of ether oxygens (including phenoxy) is 4. The first-order valence-corrected chi connectivity index (χ1v) is 16.8. The van der Waals surface area contributed by atoms with Crippen molar-refractivity contribution in [2.75, 3.05) is 67.6 Å². The maximum atomic E-state index is 13.4. The van der Waals surface area contributed by atoms with Crippen LogP contribution >= 0.6 is 0 Å². The van der Waals surface area contributed by atoms with Gasteiger partial charge in [-0.05, 0) is 116 Å². The number of nitrogens with zero attached hydrogens (tertiary/aromatic N) is 3. The first kappa shape index (κ1) is 34.1. The van der Waals surface area contributed by atoms with E-state index in [0.29, 0.717) is 48.7 Å². The second-order valence-corrected chi connectivity index (χ2v) is 12.8. The molecule has 0 saturated carbocycles. The number of hydrogen-bond donors (Lipinski definition) is 1. The maximum absolute atomic E-state index is 13.4. The molecule has 3 aromatic rings.